The maximum atomic E-state index is 12.5. The molecule has 2 N–H and O–H groups in total. The van der Waals surface area contributed by atoms with Crippen LogP contribution in [-0.2, 0) is 28.0 Å². The van der Waals surface area contributed by atoms with Gasteiger partial charge in [-0.15, -0.1) is 11.3 Å². The van der Waals surface area contributed by atoms with Gasteiger partial charge in [-0.3, -0.25) is 4.79 Å². The number of rotatable bonds is 4. The molecule has 0 radical (unpaired) electrons. The van der Waals surface area contributed by atoms with Crippen molar-refractivity contribution in [3.63, 3.8) is 0 Å². The molecular weight excluding hydrogens is 348 g/mol. The van der Waals surface area contributed by atoms with Gasteiger partial charge >= 0.3 is 0 Å². The van der Waals surface area contributed by atoms with E-state index in [9.17, 15) is 4.79 Å². The Balaban J connectivity index is 1.35. The van der Waals surface area contributed by atoms with Gasteiger partial charge in [-0.1, -0.05) is 6.07 Å². The van der Waals surface area contributed by atoms with E-state index in [0.717, 1.165) is 43.4 Å². The third-order valence-electron chi connectivity index (χ3n) is 5.38. The Labute approximate surface area is 157 Å². The second-order valence-electron chi connectivity index (χ2n) is 7.01. The molecule has 26 heavy (non-hydrogen) atoms. The van der Waals surface area contributed by atoms with E-state index in [4.69, 9.17) is 10.5 Å². The van der Waals surface area contributed by atoms with Crippen molar-refractivity contribution < 1.29 is 9.53 Å². The lowest BCUT2D eigenvalue weighted by atomic mass is 9.83. The monoisotopic (exact) mass is 372 g/mol. The molecule has 4 heterocycles. The fraction of sp³-hybridized carbons (Fsp3) is 0.526. The first-order chi connectivity index (χ1) is 12.7. The molecule has 0 aromatic carbocycles. The van der Waals surface area contributed by atoms with E-state index in [-0.39, 0.29) is 5.91 Å². The van der Waals surface area contributed by atoms with Crippen LogP contribution in [0.5, 0.6) is 0 Å². The van der Waals surface area contributed by atoms with Gasteiger partial charge < -0.3 is 15.4 Å². The molecule has 1 amide bonds. The van der Waals surface area contributed by atoms with Crippen molar-refractivity contribution in [1.82, 2.24) is 14.9 Å². The average molecular weight is 372 g/mol. The SMILES string of the molecule is Nc1ncc2c(n1)C1(CCN(C(=O)CCCc3cccs3)CC1)OCC2. The summed E-state index contributed by atoms with van der Waals surface area (Å²) in [5.41, 5.74) is 7.45. The Morgan fingerprint density at radius 3 is 3.00 bits per heavy atom. The topological polar surface area (TPSA) is 81.3 Å². The molecule has 1 fully saturated rings. The number of hydrogen-bond donors (Lipinski definition) is 1. The Morgan fingerprint density at radius 1 is 1.38 bits per heavy atom. The number of ether oxygens (including phenoxy) is 1. The highest BCUT2D eigenvalue weighted by Gasteiger charge is 2.43. The van der Waals surface area contributed by atoms with Crippen LogP contribution >= 0.6 is 11.3 Å². The van der Waals surface area contributed by atoms with E-state index in [0.29, 0.717) is 32.1 Å². The molecule has 2 aliphatic heterocycles. The molecule has 1 saturated heterocycles. The number of likely N-dealkylation sites (tertiary alicyclic amines) is 1. The summed E-state index contributed by atoms with van der Waals surface area (Å²) >= 11 is 1.76. The minimum absolute atomic E-state index is 0.245. The molecule has 2 aliphatic rings. The number of carbonyl (C=O) groups is 1. The predicted octanol–water partition coefficient (Wildman–Crippen LogP) is 2.53. The summed E-state index contributed by atoms with van der Waals surface area (Å²) in [5.74, 6) is 0.537. The number of aromatic nitrogens is 2. The minimum Gasteiger partial charge on any atom is -0.368 e. The molecule has 0 bridgehead atoms. The van der Waals surface area contributed by atoms with Crippen LogP contribution in [0.1, 0.15) is 41.8 Å². The number of piperidine rings is 1. The highest BCUT2D eigenvalue weighted by atomic mass is 32.1. The minimum atomic E-state index is -0.404. The van der Waals surface area contributed by atoms with Gasteiger partial charge in [-0.2, -0.15) is 0 Å². The number of amides is 1. The van der Waals surface area contributed by atoms with Crippen LogP contribution in [-0.4, -0.2) is 40.5 Å². The zero-order valence-corrected chi connectivity index (χ0v) is 15.6. The summed E-state index contributed by atoms with van der Waals surface area (Å²) in [5, 5.41) is 2.08. The summed E-state index contributed by atoms with van der Waals surface area (Å²) < 4.78 is 6.16. The van der Waals surface area contributed by atoms with Gasteiger partial charge in [-0.05, 0) is 49.1 Å². The van der Waals surface area contributed by atoms with Crippen molar-refractivity contribution in [2.24, 2.45) is 0 Å². The number of nitrogen functional groups attached to an aromatic ring is 1. The van der Waals surface area contributed by atoms with Gasteiger partial charge in [0.1, 0.15) is 5.60 Å². The summed E-state index contributed by atoms with van der Waals surface area (Å²) in [7, 11) is 0. The molecule has 2 aromatic rings. The Kier molecular flexibility index (Phi) is 4.91. The van der Waals surface area contributed by atoms with Crippen molar-refractivity contribution >= 4 is 23.2 Å². The van der Waals surface area contributed by atoms with Gasteiger partial charge in [0, 0.05) is 30.6 Å². The Hall–Kier alpha value is -1.99. The van der Waals surface area contributed by atoms with Gasteiger partial charge in [0.05, 0.1) is 12.3 Å². The second kappa shape index (κ2) is 7.32. The number of fused-ring (bicyclic) bond motifs is 2. The lowest BCUT2D eigenvalue weighted by molar-refractivity contribution is -0.141. The van der Waals surface area contributed by atoms with Gasteiger partial charge in [0.2, 0.25) is 11.9 Å². The Morgan fingerprint density at radius 2 is 2.23 bits per heavy atom. The summed E-state index contributed by atoms with van der Waals surface area (Å²) in [4.78, 5) is 24.5. The Bertz CT molecular complexity index is 770. The maximum Gasteiger partial charge on any atom is 0.222 e. The average Bonchev–Trinajstić information content (AvgIpc) is 3.17. The van der Waals surface area contributed by atoms with E-state index in [1.165, 1.54) is 4.88 Å². The third kappa shape index (κ3) is 3.46. The first-order valence-electron chi connectivity index (χ1n) is 9.22. The van der Waals surface area contributed by atoms with Crippen LogP contribution in [0.3, 0.4) is 0 Å². The molecule has 138 valence electrons. The fourth-order valence-electron chi connectivity index (χ4n) is 3.95. The van der Waals surface area contributed by atoms with Crippen molar-refractivity contribution in [2.45, 2.75) is 44.1 Å². The van der Waals surface area contributed by atoms with Crippen LogP contribution in [0.25, 0.3) is 0 Å². The van der Waals surface area contributed by atoms with Gasteiger partial charge in [-0.25, -0.2) is 9.97 Å². The molecule has 4 rings (SSSR count). The number of thiophene rings is 1. The number of hydrogen-bond acceptors (Lipinski definition) is 6. The van der Waals surface area contributed by atoms with E-state index < -0.39 is 5.60 Å². The van der Waals surface area contributed by atoms with Crippen molar-refractivity contribution in [3.05, 3.63) is 39.8 Å². The lowest BCUT2D eigenvalue weighted by Gasteiger charge is -2.44. The molecular formula is C19H24N4O2S. The first kappa shape index (κ1) is 17.4. The highest BCUT2D eigenvalue weighted by molar-refractivity contribution is 7.09. The maximum absolute atomic E-state index is 12.5. The molecule has 1 spiro atoms. The van der Waals surface area contributed by atoms with Crippen LogP contribution in [0.2, 0.25) is 0 Å². The largest absolute Gasteiger partial charge is 0.368 e. The van der Waals surface area contributed by atoms with Crippen LogP contribution in [0.15, 0.2) is 23.7 Å². The quantitative estimate of drug-likeness (QED) is 0.892. The number of nitrogens with two attached hydrogens (primary N) is 1. The van der Waals surface area contributed by atoms with E-state index in [1.807, 2.05) is 11.1 Å². The molecule has 0 saturated carbocycles. The standard InChI is InChI=1S/C19H24N4O2S/c20-18-21-13-14-6-11-25-19(17(14)22-18)7-9-23(10-8-19)16(24)5-1-3-15-4-2-12-26-15/h2,4,12-13H,1,3,5-11H2,(H2,20,21,22). The van der Waals surface area contributed by atoms with Crippen LogP contribution in [0.4, 0.5) is 5.95 Å². The van der Waals surface area contributed by atoms with Crippen molar-refractivity contribution in [3.8, 4) is 0 Å². The number of nitrogens with zero attached hydrogens (tertiary/aromatic N) is 3. The molecule has 0 atom stereocenters. The summed E-state index contributed by atoms with van der Waals surface area (Å²) in [6.45, 7) is 2.09. The zero-order valence-electron chi connectivity index (χ0n) is 14.8. The molecule has 7 heteroatoms. The first-order valence-corrected chi connectivity index (χ1v) is 10.1. The van der Waals surface area contributed by atoms with Gasteiger partial charge in [0.15, 0.2) is 0 Å². The molecule has 2 aromatic heterocycles. The second-order valence-corrected chi connectivity index (χ2v) is 8.04. The highest BCUT2D eigenvalue weighted by Crippen LogP contribution is 2.40. The van der Waals surface area contributed by atoms with Crippen LogP contribution in [0, 0.1) is 0 Å². The van der Waals surface area contributed by atoms with Crippen molar-refractivity contribution in [2.75, 3.05) is 25.4 Å². The van der Waals surface area contributed by atoms with E-state index in [2.05, 4.69) is 27.5 Å². The lowest BCUT2D eigenvalue weighted by Crippen LogP contribution is -2.49. The van der Waals surface area contributed by atoms with E-state index >= 15 is 0 Å². The van der Waals surface area contributed by atoms with E-state index in [1.54, 1.807) is 11.3 Å². The number of carbonyl (C=O) groups excluding carboxylic acids is 1. The number of aryl methyl sites for hydroxylation is 1. The smallest absolute Gasteiger partial charge is 0.222 e. The zero-order chi connectivity index (χ0) is 18.0. The predicted molar refractivity (Wildman–Crippen MR) is 101 cm³/mol. The third-order valence-corrected chi connectivity index (χ3v) is 6.32. The number of anilines is 1. The van der Waals surface area contributed by atoms with Crippen LogP contribution < -0.4 is 5.73 Å². The molecule has 6 nitrogen and oxygen atoms in total. The molecule has 0 aliphatic carbocycles. The summed E-state index contributed by atoms with van der Waals surface area (Å²) in [6, 6.07) is 4.19. The van der Waals surface area contributed by atoms with Crippen molar-refractivity contribution in [1.29, 1.82) is 0 Å². The summed E-state index contributed by atoms with van der Waals surface area (Å²) in [6.07, 6.45) is 6.68. The fourth-order valence-corrected chi connectivity index (χ4v) is 4.70. The van der Waals surface area contributed by atoms with Gasteiger partial charge in [0.25, 0.3) is 0 Å². The normalized spacial score (nSPS) is 18.7. The molecule has 0 unspecified atom stereocenters.